The van der Waals surface area contributed by atoms with E-state index in [0.717, 1.165) is 11.7 Å². The molecule has 1 aromatic rings. The molecule has 0 bridgehead atoms. The molecule has 3 rings (SSSR count). The number of methoxy groups -OCH3 is 1. The molecule has 1 heterocycles. The highest BCUT2D eigenvalue weighted by Crippen LogP contribution is 2.42. The van der Waals surface area contributed by atoms with E-state index in [1.54, 1.807) is 12.7 Å². The zero-order chi connectivity index (χ0) is 11.1. The first-order chi connectivity index (χ1) is 7.81. The van der Waals surface area contributed by atoms with Gasteiger partial charge in [0.05, 0.1) is 7.11 Å². The van der Waals surface area contributed by atoms with E-state index in [2.05, 4.69) is 24.4 Å². The minimum atomic E-state index is 0.676. The average Bonchev–Trinajstić information content (AvgIpc) is 2.68. The first-order valence-electron chi connectivity index (χ1n) is 6.21. The van der Waals surface area contributed by atoms with Crippen molar-refractivity contribution >= 4 is 0 Å². The molecule has 0 radical (unpaired) electrons. The average molecular weight is 217 g/mol. The molecule has 86 valence electrons. The van der Waals surface area contributed by atoms with E-state index in [-0.39, 0.29) is 0 Å². The molecule has 0 amide bonds. The Bertz CT molecular complexity index is 413. The number of hydrogen-bond donors (Lipinski definition) is 1. The second-order valence-corrected chi connectivity index (χ2v) is 4.98. The predicted octanol–water partition coefficient (Wildman–Crippen LogP) is 2.40. The molecule has 2 atom stereocenters. The predicted molar refractivity (Wildman–Crippen MR) is 65.2 cm³/mol. The van der Waals surface area contributed by atoms with Crippen LogP contribution in [-0.4, -0.2) is 19.7 Å². The van der Waals surface area contributed by atoms with Crippen molar-refractivity contribution in [2.24, 2.45) is 0 Å². The summed E-state index contributed by atoms with van der Waals surface area (Å²) in [6.07, 6.45) is 3.83. The molecule has 1 aromatic carbocycles. The molecule has 16 heavy (non-hydrogen) atoms. The Morgan fingerprint density at radius 1 is 1.38 bits per heavy atom. The van der Waals surface area contributed by atoms with E-state index in [1.807, 2.05) is 0 Å². The highest BCUT2D eigenvalue weighted by molar-refractivity contribution is 5.50. The van der Waals surface area contributed by atoms with Gasteiger partial charge in [-0.2, -0.15) is 0 Å². The molecule has 0 saturated carbocycles. The van der Waals surface area contributed by atoms with Gasteiger partial charge in [-0.15, -0.1) is 0 Å². The van der Waals surface area contributed by atoms with E-state index < -0.39 is 0 Å². The fourth-order valence-corrected chi connectivity index (χ4v) is 3.43. The molecule has 1 fully saturated rings. The molecular weight excluding hydrogens is 198 g/mol. The maximum absolute atomic E-state index is 5.43. The summed E-state index contributed by atoms with van der Waals surface area (Å²) >= 11 is 0. The van der Waals surface area contributed by atoms with Crippen LogP contribution < -0.4 is 10.1 Å². The normalized spacial score (nSPS) is 27.4. The van der Waals surface area contributed by atoms with Gasteiger partial charge < -0.3 is 10.1 Å². The van der Waals surface area contributed by atoms with Crippen LogP contribution in [0.3, 0.4) is 0 Å². The second-order valence-electron chi connectivity index (χ2n) is 4.98. The van der Waals surface area contributed by atoms with Gasteiger partial charge in [-0.25, -0.2) is 0 Å². The summed E-state index contributed by atoms with van der Waals surface area (Å²) in [5.74, 6) is 1.77. The number of fused-ring (bicyclic) bond motifs is 3. The monoisotopic (exact) mass is 217 g/mol. The number of hydrogen-bond acceptors (Lipinski definition) is 2. The molecule has 1 aliphatic heterocycles. The van der Waals surface area contributed by atoms with Crippen molar-refractivity contribution in [1.29, 1.82) is 0 Å². The molecule has 0 unspecified atom stereocenters. The lowest BCUT2D eigenvalue weighted by Gasteiger charge is -2.28. The zero-order valence-corrected chi connectivity index (χ0v) is 10.0. The smallest absolute Gasteiger partial charge is 0.122 e. The van der Waals surface area contributed by atoms with Crippen LogP contribution in [0.25, 0.3) is 0 Å². The van der Waals surface area contributed by atoms with Crippen molar-refractivity contribution in [2.45, 2.75) is 38.1 Å². The van der Waals surface area contributed by atoms with Gasteiger partial charge in [-0.3, -0.25) is 0 Å². The highest BCUT2D eigenvalue weighted by Gasteiger charge is 2.35. The summed E-state index contributed by atoms with van der Waals surface area (Å²) in [7, 11) is 1.76. The molecule has 1 saturated heterocycles. The van der Waals surface area contributed by atoms with Crippen molar-refractivity contribution in [3.8, 4) is 5.75 Å². The van der Waals surface area contributed by atoms with Gasteiger partial charge in [0.2, 0.25) is 0 Å². The molecule has 1 N–H and O–H groups in total. The highest BCUT2D eigenvalue weighted by atomic mass is 16.5. The van der Waals surface area contributed by atoms with Gasteiger partial charge >= 0.3 is 0 Å². The van der Waals surface area contributed by atoms with E-state index >= 15 is 0 Å². The van der Waals surface area contributed by atoms with Crippen LogP contribution >= 0.6 is 0 Å². The van der Waals surface area contributed by atoms with Crippen LogP contribution in [0.15, 0.2) is 12.1 Å². The Labute approximate surface area is 97.0 Å². The lowest BCUT2D eigenvalue weighted by atomic mass is 9.88. The van der Waals surface area contributed by atoms with E-state index in [1.165, 1.54) is 36.9 Å². The fraction of sp³-hybridized carbons (Fsp3) is 0.571. The molecule has 2 nitrogen and oxygen atoms in total. The Hall–Kier alpha value is -1.02. The third kappa shape index (κ3) is 1.36. The topological polar surface area (TPSA) is 21.3 Å². The SMILES string of the molecule is COc1ccc2c(c1C)[C@H]1CCCN[C@H]1C2. The third-order valence-corrected chi connectivity index (χ3v) is 4.17. The quantitative estimate of drug-likeness (QED) is 0.780. The van der Waals surface area contributed by atoms with Crippen molar-refractivity contribution in [3.63, 3.8) is 0 Å². The van der Waals surface area contributed by atoms with Gasteiger partial charge in [-0.05, 0) is 55.5 Å². The van der Waals surface area contributed by atoms with Crippen LogP contribution in [0.4, 0.5) is 0 Å². The van der Waals surface area contributed by atoms with Gasteiger partial charge in [-0.1, -0.05) is 6.07 Å². The van der Waals surface area contributed by atoms with Gasteiger partial charge in [0, 0.05) is 12.0 Å². The Morgan fingerprint density at radius 2 is 2.25 bits per heavy atom. The molecule has 0 spiro atoms. The van der Waals surface area contributed by atoms with Crippen molar-refractivity contribution < 1.29 is 4.74 Å². The van der Waals surface area contributed by atoms with Crippen LogP contribution in [0.1, 0.15) is 35.4 Å². The molecule has 1 aliphatic carbocycles. The van der Waals surface area contributed by atoms with E-state index in [9.17, 15) is 0 Å². The van der Waals surface area contributed by atoms with Crippen LogP contribution in [0, 0.1) is 6.92 Å². The largest absolute Gasteiger partial charge is 0.496 e. The van der Waals surface area contributed by atoms with Crippen LogP contribution in [0.2, 0.25) is 0 Å². The summed E-state index contributed by atoms with van der Waals surface area (Å²) in [4.78, 5) is 0. The molecule has 2 aliphatic rings. The summed E-state index contributed by atoms with van der Waals surface area (Å²) in [6.45, 7) is 3.39. The number of ether oxygens (including phenoxy) is 1. The number of nitrogens with one attached hydrogen (secondary N) is 1. The Kier molecular flexibility index (Phi) is 2.40. The van der Waals surface area contributed by atoms with Crippen LogP contribution in [0.5, 0.6) is 5.75 Å². The fourth-order valence-electron chi connectivity index (χ4n) is 3.43. The molecule has 2 heteroatoms. The standard InChI is InChI=1S/C14H19NO/c1-9-13(16-2)6-5-10-8-12-11(14(9)10)4-3-7-15-12/h5-6,11-12,15H,3-4,7-8H2,1-2H3/t11-,12-/m0/s1. The number of rotatable bonds is 1. The maximum Gasteiger partial charge on any atom is 0.122 e. The van der Waals surface area contributed by atoms with Gasteiger partial charge in [0.15, 0.2) is 0 Å². The van der Waals surface area contributed by atoms with Crippen molar-refractivity contribution in [2.75, 3.05) is 13.7 Å². The lowest BCUT2D eigenvalue weighted by molar-refractivity contribution is 0.370. The number of piperidine rings is 1. The van der Waals surface area contributed by atoms with E-state index in [0.29, 0.717) is 6.04 Å². The van der Waals surface area contributed by atoms with E-state index in [4.69, 9.17) is 4.74 Å². The minimum Gasteiger partial charge on any atom is -0.496 e. The van der Waals surface area contributed by atoms with Gasteiger partial charge in [0.1, 0.15) is 5.75 Å². The minimum absolute atomic E-state index is 0.676. The number of benzene rings is 1. The summed E-state index contributed by atoms with van der Waals surface area (Å²) in [6, 6.07) is 5.04. The Morgan fingerprint density at radius 3 is 3.06 bits per heavy atom. The van der Waals surface area contributed by atoms with Crippen LogP contribution in [-0.2, 0) is 6.42 Å². The summed E-state index contributed by atoms with van der Waals surface area (Å²) in [5.41, 5.74) is 4.45. The first kappa shape index (κ1) is 10.2. The zero-order valence-electron chi connectivity index (χ0n) is 10.0. The Balaban J connectivity index is 2.06. The summed E-state index contributed by atoms with van der Waals surface area (Å²) in [5, 5.41) is 3.65. The second kappa shape index (κ2) is 3.77. The first-order valence-corrected chi connectivity index (χ1v) is 6.21. The summed E-state index contributed by atoms with van der Waals surface area (Å²) < 4.78 is 5.43. The lowest BCUT2D eigenvalue weighted by Crippen LogP contribution is -2.37. The molecular formula is C14H19NO. The van der Waals surface area contributed by atoms with Gasteiger partial charge in [0.25, 0.3) is 0 Å². The maximum atomic E-state index is 5.43. The molecule has 0 aromatic heterocycles. The van der Waals surface area contributed by atoms with Crippen molar-refractivity contribution in [1.82, 2.24) is 5.32 Å². The third-order valence-electron chi connectivity index (χ3n) is 4.17. The van der Waals surface area contributed by atoms with Crippen molar-refractivity contribution in [3.05, 3.63) is 28.8 Å².